The van der Waals surface area contributed by atoms with E-state index >= 15 is 0 Å². The van der Waals surface area contributed by atoms with E-state index in [-0.39, 0.29) is 0 Å². The Kier molecular flexibility index (Phi) is 3.41. The summed E-state index contributed by atoms with van der Waals surface area (Å²) in [5.74, 6) is 0. The molecular weight excluding hydrogens is 158 g/mol. The predicted molar refractivity (Wildman–Crippen MR) is 50.1 cm³/mol. The number of hydrogen-bond donors (Lipinski definition) is 0. The van der Waals surface area contributed by atoms with Crippen LogP contribution in [-0.2, 0) is 0 Å². The van der Waals surface area contributed by atoms with Gasteiger partial charge in [-0.15, -0.1) is 11.6 Å². The van der Waals surface area contributed by atoms with Gasteiger partial charge in [-0.05, 0) is 26.8 Å². The van der Waals surface area contributed by atoms with E-state index in [0.717, 1.165) is 26.1 Å². The summed E-state index contributed by atoms with van der Waals surface area (Å²) in [5, 5.41) is 0.389. The number of nitrogens with zero attached hydrogens (tertiary/aromatic N) is 1. The molecular formula is C9H16ClN. The van der Waals surface area contributed by atoms with Crippen LogP contribution in [0.5, 0.6) is 0 Å². The van der Waals surface area contributed by atoms with E-state index in [1.165, 1.54) is 5.57 Å². The molecule has 0 bridgehead atoms. The zero-order valence-electron chi connectivity index (χ0n) is 7.31. The van der Waals surface area contributed by atoms with Crippen LogP contribution < -0.4 is 0 Å². The molecule has 1 heterocycles. The monoisotopic (exact) mass is 173 g/mol. The van der Waals surface area contributed by atoms with Crippen LogP contribution in [0.3, 0.4) is 0 Å². The van der Waals surface area contributed by atoms with Gasteiger partial charge in [0.05, 0.1) is 0 Å². The summed E-state index contributed by atoms with van der Waals surface area (Å²) in [6.07, 6.45) is 3.41. The maximum absolute atomic E-state index is 5.96. The van der Waals surface area contributed by atoms with Crippen LogP contribution in [0.2, 0.25) is 0 Å². The molecule has 1 fully saturated rings. The molecule has 1 atom stereocenters. The molecule has 0 aromatic carbocycles. The lowest BCUT2D eigenvalue weighted by atomic mass is 10.3. The summed E-state index contributed by atoms with van der Waals surface area (Å²) >= 11 is 5.96. The summed E-state index contributed by atoms with van der Waals surface area (Å²) in [6.45, 7) is 7.57. The maximum Gasteiger partial charge on any atom is 0.0475 e. The second-order valence-corrected chi connectivity index (χ2v) is 4.04. The van der Waals surface area contributed by atoms with Crippen LogP contribution in [0.25, 0.3) is 0 Å². The normalized spacial score (nSPS) is 25.5. The largest absolute Gasteiger partial charge is 0.298 e. The Morgan fingerprint density at radius 2 is 2.36 bits per heavy atom. The Balaban J connectivity index is 2.23. The highest BCUT2D eigenvalue weighted by atomic mass is 35.5. The lowest BCUT2D eigenvalue weighted by molar-refractivity contribution is 0.377. The van der Waals surface area contributed by atoms with Gasteiger partial charge in [0, 0.05) is 18.5 Å². The number of hydrogen-bond acceptors (Lipinski definition) is 1. The number of alkyl halides is 1. The van der Waals surface area contributed by atoms with Crippen molar-refractivity contribution in [2.45, 2.75) is 25.6 Å². The molecule has 1 aliphatic heterocycles. The number of allylic oxidation sites excluding steroid dienone is 1. The molecule has 1 unspecified atom stereocenters. The predicted octanol–water partition coefficient (Wildman–Crippen LogP) is 2.27. The molecule has 1 saturated heterocycles. The van der Waals surface area contributed by atoms with Gasteiger partial charge >= 0.3 is 0 Å². The number of rotatable bonds is 2. The number of likely N-dealkylation sites (tertiary alicyclic amines) is 1. The molecule has 1 rings (SSSR count). The van der Waals surface area contributed by atoms with E-state index in [2.05, 4.69) is 24.8 Å². The van der Waals surface area contributed by atoms with Crippen LogP contribution in [0, 0.1) is 0 Å². The van der Waals surface area contributed by atoms with E-state index in [1.807, 2.05) is 0 Å². The van der Waals surface area contributed by atoms with Gasteiger partial charge in [0.15, 0.2) is 0 Å². The fourth-order valence-corrected chi connectivity index (χ4v) is 1.56. The van der Waals surface area contributed by atoms with Crippen molar-refractivity contribution in [3.05, 3.63) is 11.6 Å². The summed E-state index contributed by atoms with van der Waals surface area (Å²) in [6, 6.07) is 0. The van der Waals surface area contributed by atoms with Gasteiger partial charge in [-0.1, -0.05) is 11.6 Å². The first-order chi connectivity index (χ1) is 5.18. The SMILES string of the molecule is CC(C)=CCN1CCC(Cl)C1. The van der Waals surface area contributed by atoms with E-state index in [1.54, 1.807) is 0 Å². The standard InChI is InChI=1S/C9H16ClN/c1-8(2)3-5-11-6-4-9(10)7-11/h3,9H,4-7H2,1-2H3. The zero-order chi connectivity index (χ0) is 8.27. The molecule has 2 heteroatoms. The number of halogens is 1. The Hall–Kier alpha value is -0.0100. The topological polar surface area (TPSA) is 3.24 Å². The van der Waals surface area contributed by atoms with Gasteiger partial charge < -0.3 is 0 Å². The average Bonchev–Trinajstić information content (AvgIpc) is 2.31. The van der Waals surface area contributed by atoms with Gasteiger partial charge in [0.1, 0.15) is 0 Å². The van der Waals surface area contributed by atoms with Crippen molar-refractivity contribution in [2.75, 3.05) is 19.6 Å². The van der Waals surface area contributed by atoms with Gasteiger partial charge in [-0.3, -0.25) is 4.90 Å². The fraction of sp³-hybridized carbons (Fsp3) is 0.778. The Morgan fingerprint density at radius 3 is 2.82 bits per heavy atom. The summed E-state index contributed by atoms with van der Waals surface area (Å²) in [7, 11) is 0. The van der Waals surface area contributed by atoms with Crippen molar-refractivity contribution in [1.82, 2.24) is 4.90 Å². The first-order valence-electron chi connectivity index (χ1n) is 4.18. The molecule has 1 aliphatic rings. The fourth-order valence-electron chi connectivity index (χ4n) is 1.26. The summed E-state index contributed by atoms with van der Waals surface area (Å²) in [5.41, 5.74) is 1.39. The molecule has 0 N–H and O–H groups in total. The van der Waals surface area contributed by atoms with Gasteiger partial charge in [-0.25, -0.2) is 0 Å². The van der Waals surface area contributed by atoms with Crippen molar-refractivity contribution < 1.29 is 0 Å². The molecule has 0 saturated carbocycles. The minimum absolute atomic E-state index is 0.389. The van der Waals surface area contributed by atoms with Gasteiger partial charge in [-0.2, -0.15) is 0 Å². The zero-order valence-corrected chi connectivity index (χ0v) is 8.06. The molecule has 0 aliphatic carbocycles. The lowest BCUT2D eigenvalue weighted by Crippen LogP contribution is -2.20. The minimum Gasteiger partial charge on any atom is -0.298 e. The highest BCUT2D eigenvalue weighted by Gasteiger charge is 2.18. The van der Waals surface area contributed by atoms with Crippen molar-refractivity contribution in [1.29, 1.82) is 0 Å². The second-order valence-electron chi connectivity index (χ2n) is 3.43. The quantitative estimate of drug-likeness (QED) is 0.458. The van der Waals surface area contributed by atoms with E-state index < -0.39 is 0 Å². The Bertz CT molecular complexity index is 150. The highest BCUT2D eigenvalue weighted by Crippen LogP contribution is 2.14. The van der Waals surface area contributed by atoms with Crippen LogP contribution in [0.15, 0.2) is 11.6 Å². The molecule has 0 radical (unpaired) electrons. The molecule has 0 spiro atoms. The van der Waals surface area contributed by atoms with Crippen molar-refractivity contribution >= 4 is 11.6 Å². The summed E-state index contributed by atoms with van der Waals surface area (Å²) in [4.78, 5) is 2.39. The lowest BCUT2D eigenvalue weighted by Gasteiger charge is -2.11. The van der Waals surface area contributed by atoms with Crippen molar-refractivity contribution in [3.63, 3.8) is 0 Å². The molecule has 11 heavy (non-hydrogen) atoms. The Labute approximate surface area is 74.0 Å². The van der Waals surface area contributed by atoms with Crippen LogP contribution in [-0.4, -0.2) is 29.9 Å². The third-order valence-corrected chi connectivity index (χ3v) is 2.33. The van der Waals surface area contributed by atoms with Crippen LogP contribution >= 0.6 is 11.6 Å². The van der Waals surface area contributed by atoms with E-state index in [9.17, 15) is 0 Å². The molecule has 0 aromatic rings. The Morgan fingerprint density at radius 1 is 1.64 bits per heavy atom. The van der Waals surface area contributed by atoms with Crippen molar-refractivity contribution in [3.8, 4) is 0 Å². The van der Waals surface area contributed by atoms with E-state index in [4.69, 9.17) is 11.6 Å². The third kappa shape index (κ3) is 3.26. The van der Waals surface area contributed by atoms with Crippen molar-refractivity contribution in [2.24, 2.45) is 0 Å². The third-order valence-electron chi connectivity index (χ3n) is 1.97. The average molecular weight is 174 g/mol. The minimum atomic E-state index is 0.389. The first-order valence-corrected chi connectivity index (χ1v) is 4.62. The second kappa shape index (κ2) is 4.13. The first kappa shape index (κ1) is 9.08. The highest BCUT2D eigenvalue weighted by molar-refractivity contribution is 6.20. The summed E-state index contributed by atoms with van der Waals surface area (Å²) < 4.78 is 0. The molecule has 0 aromatic heterocycles. The van der Waals surface area contributed by atoms with Gasteiger partial charge in [0.2, 0.25) is 0 Å². The molecule has 0 amide bonds. The van der Waals surface area contributed by atoms with Crippen LogP contribution in [0.1, 0.15) is 20.3 Å². The maximum atomic E-state index is 5.96. The van der Waals surface area contributed by atoms with E-state index in [0.29, 0.717) is 5.38 Å². The van der Waals surface area contributed by atoms with Crippen LogP contribution in [0.4, 0.5) is 0 Å². The van der Waals surface area contributed by atoms with Gasteiger partial charge in [0.25, 0.3) is 0 Å². The molecule has 64 valence electrons. The smallest absolute Gasteiger partial charge is 0.0475 e. The molecule has 1 nitrogen and oxygen atoms in total.